The number of rotatable bonds is 2. The molecule has 0 aliphatic heterocycles. The summed E-state index contributed by atoms with van der Waals surface area (Å²) in [6.45, 7) is 1.99. The molecule has 0 atom stereocenters. The fourth-order valence-corrected chi connectivity index (χ4v) is 2.15. The summed E-state index contributed by atoms with van der Waals surface area (Å²) in [7, 11) is 0. The first kappa shape index (κ1) is 9.15. The van der Waals surface area contributed by atoms with Crippen LogP contribution in [0, 0.1) is 6.92 Å². The van der Waals surface area contributed by atoms with E-state index in [4.69, 9.17) is 5.11 Å². The quantitative estimate of drug-likeness (QED) is 0.821. The lowest BCUT2D eigenvalue weighted by atomic mass is 10.1. The first-order valence-electron chi connectivity index (χ1n) is 4.23. The monoisotopic (exact) mass is 207 g/mol. The van der Waals surface area contributed by atoms with Gasteiger partial charge in [0.2, 0.25) is 0 Å². The first-order valence-corrected chi connectivity index (χ1v) is 5.01. The maximum absolute atomic E-state index is 10.6. The van der Waals surface area contributed by atoms with Gasteiger partial charge in [-0.2, -0.15) is 4.37 Å². The molecule has 1 aromatic heterocycles. The Morgan fingerprint density at radius 3 is 3.07 bits per heavy atom. The van der Waals surface area contributed by atoms with E-state index >= 15 is 0 Å². The van der Waals surface area contributed by atoms with Crippen molar-refractivity contribution in [3.8, 4) is 0 Å². The maximum atomic E-state index is 10.6. The molecule has 0 aliphatic rings. The SMILES string of the molecule is Cc1ccc2snc(CC(=O)O)c2c1. The number of aliphatic carboxylic acids is 1. The summed E-state index contributed by atoms with van der Waals surface area (Å²) in [6, 6.07) is 5.97. The van der Waals surface area contributed by atoms with E-state index < -0.39 is 5.97 Å². The Labute approximate surface area is 85.2 Å². The maximum Gasteiger partial charge on any atom is 0.309 e. The van der Waals surface area contributed by atoms with Gasteiger partial charge in [-0.3, -0.25) is 4.79 Å². The van der Waals surface area contributed by atoms with Crippen LogP contribution in [0.2, 0.25) is 0 Å². The van der Waals surface area contributed by atoms with Crippen molar-refractivity contribution in [3.05, 3.63) is 29.5 Å². The Morgan fingerprint density at radius 1 is 1.57 bits per heavy atom. The highest BCUT2D eigenvalue weighted by Gasteiger charge is 2.09. The summed E-state index contributed by atoms with van der Waals surface area (Å²) in [5.74, 6) is -0.835. The lowest BCUT2D eigenvalue weighted by Gasteiger charge is -1.94. The normalized spacial score (nSPS) is 10.6. The van der Waals surface area contributed by atoms with E-state index in [0.717, 1.165) is 15.6 Å². The number of carboxylic acids is 1. The van der Waals surface area contributed by atoms with Gasteiger partial charge in [0.25, 0.3) is 0 Å². The zero-order valence-electron chi connectivity index (χ0n) is 7.65. The molecular formula is C10H9NO2S. The molecule has 0 radical (unpaired) electrons. The van der Waals surface area contributed by atoms with E-state index in [2.05, 4.69) is 4.37 Å². The molecule has 0 amide bonds. The molecule has 0 unspecified atom stereocenters. The third-order valence-corrected chi connectivity index (χ3v) is 2.88. The van der Waals surface area contributed by atoms with Crippen molar-refractivity contribution in [2.24, 2.45) is 0 Å². The van der Waals surface area contributed by atoms with Crippen LogP contribution in [0.1, 0.15) is 11.3 Å². The number of hydrogen-bond donors (Lipinski definition) is 1. The molecule has 2 aromatic rings. The van der Waals surface area contributed by atoms with Crippen molar-refractivity contribution in [1.82, 2.24) is 4.37 Å². The predicted octanol–water partition coefficient (Wildman–Crippen LogP) is 2.23. The highest BCUT2D eigenvalue weighted by molar-refractivity contribution is 7.13. The van der Waals surface area contributed by atoms with Gasteiger partial charge in [-0.15, -0.1) is 0 Å². The second-order valence-corrected chi connectivity index (χ2v) is 4.00. The summed E-state index contributed by atoms with van der Waals surface area (Å²) in [6.07, 6.45) is 0.00343. The van der Waals surface area contributed by atoms with Gasteiger partial charge < -0.3 is 5.11 Å². The number of aryl methyl sites for hydroxylation is 1. The summed E-state index contributed by atoms with van der Waals surface area (Å²) in [4.78, 5) is 10.6. The fourth-order valence-electron chi connectivity index (χ4n) is 1.37. The van der Waals surface area contributed by atoms with Crippen LogP contribution in [-0.4, -0.2) is 15.4 Å². The van der Waals surface area contributed by atoms with Crippen LogP contribution in [0.5, 0.6) is 0 Å². The van der Waals surface area contributed by atoms with Gasteiger partial charge in [-0.05, 0) is 30.6 Å². The van der Waals surface area contributed by atoms with Crippen molar-refractivity contribution in [1.29, 1.82) is 0 Å². The van der Waals surface area contributed by atoms with Gasteiger partial charge in [-0.25, -0.2) is 0 Å². The highest BCUT2D eigenvalue weighted by Crippen LogP contribution is 2.23. The molecule has 4 heteroatoms. The zero-order valence-corrected chi connectivity index (χ0v) is 8.47. The molecule has 14 heavy (non-hydrogen) atoms. The number of benzene rings is 1. The van der Waals surface area contributed by atoms with E-state index in [1.165, 1.54) is 11.5 Å². The van der Waals surface area contributed by atoms with Crippen LogP contribution in [0.3, 0.4) is 0 Å². The Morgan fingerprint density at radius 2 is 2.36 bits per heavy atom. The second-order valence-electron chi connectivity index (χ2n) is 3.20. The molecular weight excluding hydrogens is 198 g/mol. The molecule has 1 N–H and O–H groups in total. The smallest absolute Gasteiger partial charge is 0.309 e. The third kappa shape index (κ3) is 1.61. The molecule has 1 aromatic carbocycles. The predicted molar refractivity (Wildman–Crippen MR) is 55.7 cm³/mol. The van der Waals surface area contributed by atoms with Gasteiger partial charge >= 0.3 is 5.97 Å². The highest BCUT2D eigenvalue weighted by atomic mass is 32.1. The van der Waals surface area contributed by atoms with Crippen LogP contribution in [0.15, 0.2) is 18.2 Å². The lowest BCUT2D eigenvalue weighted by molar-refractivity contribution is -0.136. The minimum atomic E-state index is -0.835. The Bertz CT molecular complexity index is 490. The molecule has 72 valence electrons. The van der Waals surface area contributed by atoms with E-state index in [1.807, 2.05) is 25.1 Å². The van der Waals surface area contributed by atoms with Crippen molar-refractivity contribution in [3.63, 3.8) is 0 Å². The fraction of sp³-hybridized carbons (Fsp3) is 0.200. The molecule has 0 bridgehead atoms. The van der Waals surface area contributed by atoms with Gasteiger partial charge in [0.1, 0.15) is 0 Å². The van der Waals surface area contributed by atoms with Crippen molar-refractivity contribution in [2.45, 2.75) is 13.3 Å². The summed E-state index contributed by atoms with van der Waals surface area (Å²) in [5.41, 5.74) is 1.80. The van der Waals surface area contributed by atoms with Gasteiger partial charge in [-0.1, -0.05) is 11.6 Å². The zero-order chi connectivity index (χ0) is 10.1. The number of carbonyl (C=O) groups is 1. The molecule has 0 aliphatic carbocycles. The Hall–Kier alpha value is -1.42. The van der Waals surface area contributed by atoms with E-state index in [9.17, 15) is 4.79 Å². The average molecular weight is 207 g/mol. The molecule has 0 spiro atoms. The number of hydrogen-bond acceptors (Lipinski definition) is 3. The molecule has 1 heterocycles. The average Bonchev–Trinajstić information content (AvgIpc) is 2.47. The van der Waals surface area contributed by atoms with E-state index in [1.54, 1.807) is 0 Å². The minimum absolute atomic E-state index is 0.00343. The number of carboxylic acid groups (broad SMARTS) is 1. The molecule has 3 nitrogen and oxygen atoms in total. The second kappa shape index (κ2) is 3.38. The number of nitrogens with zero attached hydrogens (tertiary/aromatic N) is 1. The largest absolute Gasteiger partial charge is 0.481 e. The Balaban J connectivity index is 2.55. The molecule has 0 fully saturated rings. The van der Waals surface area contributed by atoms with Gasteiger partial charge in [0, 0.05) is 5.39 Å². The standard InChI is InChI=1S/C10H9NO2S/c1-6-2-3-9-7(4-6)8(11-14-9)5-10(12)13/h2-4H,5H2,1H3,(H,12,13). The summed E-state index contributed by atoms with van der Waals surface area (Å²) >= 11 is 1.35. The van der Waals surface area contributed by atoms with Crippen LogP contribution < -0.4 is 0 Å². The van der Waals surface area contributed by atoms with Crippen molar-refractivity contribution in [2.75, 3.05) is 0 Å². The topological polar surface area (TPSA) is 50.2 Å². The van der Waals surface area contributed by atoms with Crippen molar-refractivity contribution < 1.29 is 9.90 Å². The Kier molecular flexibility index (Phi) is 2.21. The molecule has 2 rings (SSSR count). The summed E-state index contributed by atoms with van der Waals surface area (Å²) < 4.78 is 5.19. The van der Waals surface area contributed by atoms with E-state index in [-0.39, 0.29) is 6.42 Å². The molecule has 0 saturated heterocycles. The van der Waals surface area contributed by atoms with Crippen LogP contribution in [0.4, 0.5) is 0 Å². The van der Waals surface area contributed by atoms with Gasteiger partial charge in [0.05, 0.1) is 16.8 Å². The minimum Gasteiger partial charge on any atom is -0.481 e. The first-order chi connectivity index (χ1) is 6.66. The van der Waals surface area contributed by atoms with E-state index in [0.29, 0.717) is 5.69 Å². The van der Waals surface area contributed by atoms with Crippen LogP contribution in [0.25, 0.3) is 10.1 Å². The molecule has 0 saturated carbocycles. The van der Waals surface area contributed by atoms with Gasteiger partial charge in [0.15, 0.2) is 0 Å². The third-order valence-electron chi connectivity index (χ3n) is 2.02. The van der Waals surface area contributed by atoms with Crippen LogP contribution in [-0.2, 0) is 11.2 Å². The summed E-state index contributed by atoms with van der Waals surface area (Å²) in [5, 5.41) is 9.65. The lowest BCUT2D eigenvalue weighted by Crippen LogP contribution is -2.00. The number of fused-ring (bicyclic) bond motifs is 1. The van der Waals surface area contributed by atoms with Crippen molar-refractivity contribution >= 4 is 27.6 Å². The number of aromatic nitrogens is 1. The van der Waals surface area contributed by atoms with Crippen LogP contribution >= 0.6 is 11.5 Å².